The zero-order valence-corrected chi connectivity index (χ0v) is 10.3. The van der Waals surface area contributed by atoms with Crippen LogP contribution in [0.15, 0.2) is 0 Å². The van der Waals surface area contributed by atoms with Crippen LogP contribution in [-0.4, -0.2) is 42.5 Å². The Morgan fingerprint density at radius 2 is 1.93 bits per heavy atom. The lowest BCUT2D eigenvalue weighted by Gasteiger charge is -2.33. The van der Waals surface area contributed by atoms with E-state index < -0.39 is 5.79 Å². The molecule has 0 radical (unpaired) electrons. The average Bonchev–Trinajstić information content (AvgIpc) is 2.28. The van der Waals surface area contributed by atoms with Gasteiger partial charge < -0.3 is 9.47 Å². The molecule has 14 heavy (non-hydrogen) atoms. The van der Waals surface area contributed by atoms with E-state index in [-0.39, 0.29) is 11.6 Å². The summed E-state index contributed by atoms with van der Waals surface area (Å²) in [5, 5.41) is 0. The zero-order chi connectivity index (χ0) is 11.0. The average molecular weight is 201 g/mol. The third-order valence-electron chi connectivity index (χ3n) is 2.69. The molecule has 1 rings (SSSR count). The predicted octanol–water partition coefficient (Wildman–Crippen LogP) is 1.87. The maximum absolute atomic E-state index is 5.75. The fraction of sp³-hybridized carbons (Fsp3) is 1.00. The Hall–Kier alpha value is -0.120. The number of hydrogen-bond donors (Lipinski definition) is 0. The van der Waals surface area contributed by atoms with Crippen LogP contribution in [0.3, 0.4) is 0 Å². The van der Waals surface area contributed by atoms with E-state index in [4.69, 9.17) is 9.47 Å². The van der Waals surface area contributed by atoms with Gasteiger partial charge in [-0.2, -0.15) is 0 Å². The van der Waals surface area contributed by atoms with Crippen molar-refractivity contribution < 1.29 is 9.47 Å². The van der Waals surface area contributed by atoms with Gasteiger partial charge in [-0.25, -0.2) is 0 Å². The van der Waals surface area contributed by atoms with Crippen molar-refractivity contribution in [3.05, 3.63) is 0 Å². The fourth-order valence-corrected chi connectivity index (χ4v) is 1.43. The van der Waals surface area contributed by atoms with Crippen LogP contribution in [0.2, 0.25) is 0 Å². The first-order chi connectivity index (χ1) is 6.21. The van der Waals surface area contributed by atoms with Gasteiger partial charge >= 0.3 is 0 Å². The summed E-state index contributed by atoms with van der Waals surface area (Å²) in [7, 11) is 2.12. The first-order valence-electron chi connectivity index (χ1n) is 5.24. The second-order valence-electron chi connectivity index (χ2n) is 5.50. The SMILES string of the molecule is CN(CC1COC(C)(C)O1)C(C)(C)C. The van der Waals surface area contributed by atoms with E-state index in [2.05, 4.69) is 32.7 Å². The van der Waals surface area contributed by atoms with Gasteiger partial charge in [0.2, 0.25) is 0 Å². The zero-order valence-electron chi connectivity index (χ0n) is 10.3. The molecule has 0 aromatic heterocycles. The Labute approximate surface area is 87.4 Å². The molecule has 0 spiro atoms. The summed E-state index contributed by atoms with van der Waals surface area (Å²) in [5.41, 5.74) is 0.191. The molecule has 1 fully saturated rings. The van der Waals surface area contributed by atoms with Crippen molar-refractivity contribution in [3.8, 4) is 0 Å². The molecule has 3 heteroatoms. The molecule has 1 aliphatic heterocycles. The predicted molar refractivity (Wildman–Crippen MR) is 57.3 cm³/mol. The number of likely N-dealkylation sites (N-methyl/N-ethyl adjacent to an activating group) is 1. The molecule has 1 atom stereocenters. The molecule has 0 saturated carbocycles. The van der Waals surface area contributed by atoms with Gasteiger partial charge in [0.05, 0.1) is 12.7 Å². The van der Waals surface area contributed by atoms with E-state index in [1.165, 1.54) is 0 Å². The van der Waals surface area contributed by atoms with Crippen LogP contribution in [-0.2, 0) is 9.47 Å². The van der Waals surface area contributed by atoms with Gasteiger partial charge in [0.15, 0.2) is 5.79 Å². The third-order valence-corrected chi connectivity index (χ3v) is 2.69. The Balaban J connectivity index is 2.40. The summed E-state index contributed by atoms with van der Waals surface area (Å²) >= 11 is 0. The molecule has 0 bridgehead atoms. The van der Waals surface area contributed by atoms with E-state index >= 15 is 0 Å². The maximum atomic E-state index is 5.75. The first kappa shape index (κ1) is 12.0. The highest BCUT2D eigenvalue weighted by molar-refractivity contribution is 4.79. The Morgan fingerprint density at radius 1 is 1.36 bits per heavy atom. The number of hydrogen-bond acceptors (Lipinski definition) is 3. The van der Waals surface area contributed by atoms with Crippen molar-refractivity contribution in [2.75, 3.05) is 20.2 Å². The van der Waals surface area contributed by atoms with Crippen molar-refractivity contribution in [1.29, 1.82) is 0 Å². The van der Waals surface area contributed by atoms with Gasteiger partial charge in [0.1, 0.15) is 0 Å². The van der Waals surface area contributed by atoms with Crippen molar-refractivity contribution >= 4 is 0 Å². The summed E-state index contributed by atoms with van der Waals surface area (Å²) in [6.45, 7) is 12.2. The van der Waals surface area contributed by atoms with Crippen LogP contribution in [0.5, 0.6) is 0 Å². The van der Waals surface area contributed by atoms with Gasteiger partial charge in [-0.3, -0.25) is 4.90 Å². The minimum atomic E-state index is -0.399. The van der Waals surface area contributed by atoms with Gasteiger partial charge in [-0.05, 0) is 41.7 Å². The van der Waals surface area contributed by atoms with E-state index in [1.54, 1.807) is 0 Å². The second kappa shape index (κ2) is 3.80. The van der Waals surface area contributed by atoms with E-state index in [1.807, 2.05) is 13.8 Å². The molecule has 1 saturated heterocycles. The number of nitrogens with zero attached hydrogens (tertiary/aromatic N) is 1. The first-order valence-corrected chi connectivity index (χ1v) is 5.24. The lowest BCUT2D eigenvalue weighted by Crippen LogP contribution is -2.43. The molecule has 1 heterocycles. The highest BCUT2D eigenvalue weighted by atomic mass is 16.7. The van der Waals surface area contributed by atoms with Gasteiger partial charge in [0.25, 0.3) is 0 Å². The highest BCUT2D eigenvalue weighted by Crippen LogP contribution is 2.24. The smallest absolute Gasteiger partial charge is 0.163 e. The number of ether oxygens (including phenoxy) is 2. The van der Waals surface area contributed by atoms with Crippen LogP contribution in [0, 0.1) is 0 Å². The molecule has 0 aromatic carbocycles. The van der Waals surface area contributed by atoms with E-state index in [0.717, 1.165) is 6.54 Å². The number of rotatable bonds is 2. The Kier molecular flexibility index (Phi) is 3.24. The van der Waals surface area contributed by atoms with Gasteiger partial charge in [0, 0.05) is 12.1 Å². The van der Waals surface area contributed by atoms with Crippen LogP contribution >= 0.6 is 0 Å². The highest BCUT2D eigenvalue weighted by Gasteiger charge is 2.34. The molecule has 0 N–H and O–H groups in total. The van der Waals surface area contributed by atoms with Crippen LogP contribution in [0.1, 0.15) is 34.6 Å². The lowest BCUT2D eigenvalue weighted by atomic mass is 10.1. The summed E-state index contributed by atoms with van der Waals surface area (Å²) in [4.78, 5) is 2.29. The molecular formula is C11H23NO2. The molecule has 0 aliphatic carbocycles. The van der Waals surface area contributed by atoms with Crippen molar-refractivity contribution in [1.82, 2.24) is 4.90 Å². The minimum absolute atomic E-state index is 0.191. The van der Waals surface area contributed by atoms with Gasteiger partial charge in [-0.1, -0.05) is 0 Å². The van der Waals surface area contributed by atoms with Crippen molar-refractivity contribution in [2.45, 2.75) is 52.0 Å². The maximum Gasteiger partial charge on any atom is 0.163 e. The van der Waals surface area contributed by atoms with Crippen LogP contribution in [0.4, 0.5) is 0 Å². The topological polar surface area (TPSA) is 21.7 Å². The standard InChI is InChI=1S/C11H23NO2/c1-10(2,3)12(6)7-9-8-13-11(4,5)14-9/h9H,7-8H2,1-6H3. The summed E-state index contributed by atoms with van der Waals surface area (Å²) in [6.07, 6.45) is 0.203. The van der Waals surface area contributed by atoms with Gasteiger partial charge in [-0.15, -0.1) is 0 Å². The Morgan fingerprint density at radius 3 is 2.29 bits per heavy atom. The quantitative estimate of drug-likeness (QED) is 0.681. The third kappa shape index (κ3) is 3.23. The fourth-order valence-electron chi connectivity index (χ4n) is 1.43. The minimum Gasteiger partial charge on any atom is -0.348 e. The summed E-state index contributed by atoms with van der Waals surface area (Å²) in [6, 6.07) is 0. The van der Waals surface area contributed by atoms with Crippen LogP contribution in [0.25, 0.3) is 0 Å². The lowest BCUT2D eigenvalue weighted by molar-refractivity contribution is -0.141. The summed E-state index contributed by atoms with van der Waals surface area (Å²) < 4.78 is 11.3. The Bertz CT molecular complexity index is 196. The van der Waals surface area contributed by atoms with Crippen LogP contribution < -0.4 is 0 Å². The normalized spacial score (nSPS) is 27.2. The van der Waals surface area contributed by atoms with Crippen molar-refractivity contribution in [3.63, 3.8) is 0 Å². The monoisotopic (exact) mass is 201 g/mol. The molecule has 3 nitrogen and oxygen atoms in total. The summed E-state index contributed by atoms with van der Waals surface area (Å²) in [5.74, 6) is -0.399. The van der Waals surface area contributed by atoms with Crippen molar-refractivity contribution in [2.24, 2.45) is 0 Å². The largest absolute Gasteiger partial charge is 0.348 e. The molecule has 0 amide bonds. The molecule has 1 unspecified atom stereocenters. The second-order valence-corrected chi connectivity index (χ2v) is 5.50. The van der Waals surface area contributed by atoms with E-state index in [9.17, 15) is 0 Å². The molecule has 84 valence electrons. The molecular weight excluding hydrogens is 178 g/mol. The molecule has 0 aromatic rings. The molecule has 1 aliphatic rings. The van der Waals surface area contributed by atoms with E-state index in [0.29, 0.717) is 6.61 Å².